The zero-order chi connectivity index (χ0) is 19.9. The first-order valence-corrected chi connectivity index (χ1v) is 11.0. The van der Waals surface area contributed by atoms with Crippen LogP contribution in [0.1, 0.15) is 12.8 Å². The number of hydrogen-bond donors (Lipinski definition) is 1. The number of fused-ring (bicyclic) bond motifs is 1. The number of nitrogens with zero attached hydrogens (tertiary/aromatic N) is 1. The third-order valence-electron chi connectivity index (χ3n) is 3.59. The number of rotatable bonds is 8. The molecule has 0 aliphatic carbocycles. The second-order valence-electron chi connectivity index (χ2n) is 5.73. The monoisotopic (exact) mass is 454 g/mol. The van der Waals surface area contributed by atoms with Gasteiger partial charge in [0.15, 0.2) is 10.9 Å². The molecule has 1 heterocycles. The number of nitrogens with one attached hydrogen (secondary N) is 1. The fourth-order valence-corrected chi connectivity index (χ4v) is 4.82. The van der Waals surface area contributed by atoms with E-state index >= 15 is 0 Å². The Morgan fingerprint density at radius 1 is 1.18 bits per heavy atom. The molecular weight excluding hydrogens is 439 g/mol. The average Bonchev–Trinajstić information content (AvgIpc) is 3.09. The van der Waals surface area contributed by atoms with Crippen LogP contribution in [0.4, 0.5) is 5.69 Å². The minimum Gasteiger partial charge on any atom is -0.456 e. The van der Waals surface area contributed by atoms with Gasteiger partial charge in [-0.05, 0) is 36.8 Å². The molecule has 3 rings (SSSR count). The number of aromatic nitrogens is 1. The number of thiazole rings is 1. The maximum atomic E-state index is 11.9. The number of para-hydroxylation sites is 1. The molecule has 0 spiro atoms. The fraction of sp³-hybridized carbons (Fsp3) is 0.211. The molecule has 3 aromatic rings. The number of anilines is 1. The van der Waals surface area contributed by atoms with E-state index in [4.69, 9.17) is 27.9 Å². The van der Waals surface area contributed by atoms with E-state index in [-0.39, 0.29) is 13.0 Å². The van der Waals surface area contributed by atoms with Gasteiger partial charge in [-0.1, -0.05) is 47.1 Å². The van der Waals surface area contributed by atoms with Crippen molar-refractivity contribution in [3.63, 3.8) is 0 Å². The lowest BCUT2D eigenvalue weighted by Crippen LogP contribution is -2.21. The Bertz CT molecular complexity index is 961. The molecule has 0 bridgehead atoms. The normalized spacial score (nSPS) is 10.8. The molecule has 0 fully saturated rings. The van der Waals surface area contributed by atoms with E-state index in [9.17, 15) is 9.59 Å². The average molecular weight is 455 g/mol. The van der Waals surface area contributed by atoms with Crippen LogP contribution in [0.25, 0.3) is 10.2 Å². The molecule has 0 unspecified atom stereocenters. The summed E-state index contributed by atoms with van der Waals surface area (Å²) in [4.78, 5) is 28.2. The fourth-order valence-electron chi connectivity index (χ4n) is 2.28. The summed E-state index contributed by atoms with van der Waals surface area (Å²) in [5.74, 6) is -0.120. The largest absolute Gasteiger partial charge is 0.456 e. The van der Waals surface area contributed by atoms with Crippen LogP contribution in [0.15, 0.2) is 46.8 Å². The first-order chi connectivity index (χ1) is 13.5. The summed E-state index contributed by atoms with van der Waals surface area (Å²) in [5, 5.41) is 3.37. The zero-order valence-corrected chi connectivity index (χ0v) is 17.8. The number of hydrogen-bond acceptors (Lipinski definition) is 6. The lowest BCUT2D eigenvalue weighted by atomic mass is 10.3. The highest BCUT2D eigenvalue weighted by Gasteiger charge is 2.10. The van der Waals surface area contributed by atoms with Crippen LogP contribution in [0.5, 0.6) is 0 Å². The van der Waals surface area contributed by atoms with Gasteiger partial charge in [0.25, 0.3) is 5.91 Å². The summed E-state index contributed by atoms with van der Waals surface area (Å²) >= 11 is 15.0. The van der Waals surface area contributed by atoms with Gasteiger partial charge in [0.1, 0.15) is 0 Å². The minimum atomic E-state index is -0.457. The number of thioether (sulfide) groups is 1. The van der Waals surface area contributed by atoms with Crippen LogP contribution >= 0.6 is 46.3 Å². The zero-order valence-electron chi connectivity index (χ0n) is 14.6. The third kappa shape index (κ3) is 6.10. The van der Waals surface area contributed by atoms with Crippen molar-refractivity contribution in [1.29, 1.82) is 0 Å². The number of carbonyl (C=O) groups excluding carboxylic acids is 2. The molecule has 5 nitrogen and oxygen atoms in total. The smallest absolute Gasteiger partial charge is 0.306 e. The van der Waals surface area contributed by atoms with E-state index in [1.54, 1.807) is 35.2 Å². The molecule has 0 saturated heterocycles. The van der Waals surface area contributed by atoms with Gasteiger partial charge in [-0.3, -0.25) is 9.59 Å². The number of ether oxygens (including phenoxy) is 1. The standard InChI is InChI=1S/C19H16Cl2N2O3S2/c20-12-7-8-14(13(21)10-12)22-17(24)11-26-18(25)6-3-9-27-19-23-15-4-1-2-5-16(15)28-19/h1-2,4-5,7-8,10H,3,6,9,11H2,(H,22,24). The topological polar surface area (TPSA) is 68.3 Å². The van der Waals surface area contributed by atoms with Crippen molar-refractivity contribution in [2.75, 3.05) is 17.7 Å². The quantitative estimate of drug-likeness (QED) is 0.270. The molecule has 0 radical (unpaired) electrons. The van der Waals surface area contributed by atoms with Crippen molar-refractivity contribution in [1.82, 2.24) is 4.98 Å². The molecule has 1 amide bonds. The molecule has 28 heavy (non-hydrogen) atoms. The highest BCUT2D eigenvalue weighted by molar-refractivity contribution is 8.01. The van der Waals surface area contributed by atoms with Gasteiger partial charge in [-0.25, -0.2) is 4.98 Å². The number of benzene rings is 2. The van der Waals surface area contributed by atoms with E-state index < -0.39 is 11.9 Å². The van der Waals surface area contributed by atoms with Crippen molar-refractivity contribution < 1.29 is 14.3 Å². The van der Waals surface area contributed by atoms with E-state index in [1.165, 1.54) is 6.07 Å². The van der Waals surface area contributed by atoms with Crippen LogP contribution in [-0.4, -0.2) is 29.2 Å². The number of halogens is 2. The molecule has 1 N–H and O–H groups in total. The van der Waals surface area contributed by atoms with Crippen LogP contribution in [0, 0.1) is 0 Å². The van der Waals surface area contributed by atoms with Gasteiger partial charge in [0.05, 0.1) is 20.9 Å². The molecule has 1 aromatic heterocycles. The van der Waals surface area contributed by atoms with Gasteiger partial charge in [-0.2, -0.15) is 0 Å². The maximum absolute atomic E-state index is 11.9. The number of esters is 1. The van der Waals surface area contributed by atoms with E-state index in [1.807, 2.05) is 24.3 Å². The van der Waals surface area contributed by atoms with Crippen LogP contribution in [0.3, 0.4) is 0 Å². The Morgan fingerprint density at radius 2 is 2.00 bits per heavy atom. The van der Waals surface area contributed by atoms with Crippen LogP contribution < -0.4 is 5.32 Å². The van der Waals surface area contributed by atoms with Gasteiger partial charge in [0, 0.05) is 17.2 Å². The predicted octanol–water partition coefficient (Wildman–Crippen LogP) is 5.66. The summed E-state index contributed by atoms with van der Waals surface area (Å²) < 4.78 is 7.13. The molecular formula is C19H16Cl2N2O3S2. The van der Waals surface area contributed by atoms with Crippen LogP contribution in [0.2, 0.25) is 10.0 Å². The molecule has 2 aromatic carbocycles. The van der Waals surface area contributed by atoms with Crippen molar-refractivity contribution >= 4 is 74.1 Å². The molecule has 0 saturated carbocycles. The van der Waals surface area contributed by atoms with Crippen LogP contribution in [-0.2, 0) is 14.3 Å². The van der Waals surface area contributed by atoms with Crippen molar-refractivity contribution in [2.24, 2.45) is 0 Å². The second-order valence-corrected chi connectivity index (χ2v) is 8.95. The SMILES string of the molecule is O=C(COC(=O)CCCSc1nc2ccccc2s1)Nc1ccc(Cl)cc1Cl. The molecule has 0 aliphatic rings. The predicted molar refractivity (Wildman–Crippen MR) is 116 cm³/mol. The minimum absolute atomic E-state index is 0.243. The van der Waals surface area contributed by atoms with Crippen molar-refractivity contribution in [3.05, 3.63) is 52.5 Å². The molecule has 9 heteroatoms. The van der Waals surface area contributed by atoms with Crippen molar-refractivity contribution in [2.45, 2.75) is 17.2 Å². The third-order valence-corrected chi connectivity index (χ3v) is 6.41. The Labute approximate surface area is 180 Å². The first-order valence-electron chi connectivity index (χ1n) is 8.40. The lowest BCUT2D eigenvalue weighted by Gasteiger charge is -2.08. The summed E-state index contributed by atoms with van der Waals surface area (Å²) in [6, 6.07) is 12.7. The maximum Gasteiger partial charge on any atom is 0.306 e. The Kier molecular flexibility index (Phi) is 7.56. The Balaban J connectivity index is 1.34. The number of amides is 1. The van der Waals surface area contributed by atoms with Crippen molar-refractivity contribution in [3.8, 4) is 0 Å². The molecule has 0 aliphatic heterocycles. The van der Waals surface area contributed by atoms with Gasteiger partial charge >= 0.3 is 5.97 Å². The van der Waals surface area contributed by atoms with Gasteiger partial charge in [0.2, 0.25) is 0 Å². The summed E-state index contributed by atoms with van der Waals surface area (Å²) in [5.41, 5.74) is 1.40. The Hall–Kier alpha value is -1.80. The summed E-state index contributed by atoms with van der Waals surface area (Å²) in [6.07, 6.45) is 0.886. The molecule has 0 atom stereocenters. The van der Waals surface area contributed by atoms with Gasteiger partial charge < -0.3 is 10.1 Å². The summed E-state index contributed by atoms with van der Waals surface area (Å²) in [7, 11) is 0. The Morgan fingerprint density at radius 3 is 2.79 bits per heavy atom. The van der Waals surface area contributed by atoms with Gasteiger partial charge in [-0.15, -0.1) is 11.3 Å². The number of carbonyl (C=O) groups is 2. The highest BCUT2D eigenvalue weighted by atomic mass is 35.5. The van der Waals surface area contributed by atoms with E-state index in [0.717, 1.165) is 20.3 Å². The highest BCUT2D eigenvalue weighted by Crippen LogP contribution is 2.29. The second kappa shape index (κ2) is 10.1. The first kappa shape index (κ1) is 20.9. The molecule has 146 valence electrons. The van der Waals surface area contributed by atoms with E-state index in [0.29, 0.717) is 22.2 Å². The van der Waals surface area contributed by atoms with E-state index in [2.05, 4.69) is 10.3 Å². The summed E-state index contributed by atoms with van der Waals surface area (Å²) in [6.45, 7) is -0.358. The lowest BCUT2D eigenvalue weighted by molar-refractivity contribution is -0.147.